The molecule has 1 amide bonds. The number of rotatable bonds is 7. The molecule has 1 aromatic carbocycles. The number of nitrogens with zero attached hydrogens (tertiary/aromatic N) is 4. The standard InChI is InChI=1S/C16H14F3N5OS3/c1-2-7-20-11(25)8-26-14-23-24-15(28-14)27-12-9-5-3-4-6-10(9)21-13(22-12)16(17,18)19/h3-6H,2,7-8H2,1H3,(H,20,25). The number of carbonyl (C=O) groups is 1. The van der Waals surface area contributed by atoms with Gasteiger partial charge in [-0.3, -0.25) is 4.79 Å². The van der Waals surface area contributed by atoms with Crippen LogP contribution in [-0.2, 0) is 11.0 Å². The zero-order valence-electron chi connectivity index (χ0n) is 14.5. The van der Waals surface area contributed by atoms with Gasteiger partial charge in [-0.2, -0.15) is 13.2 Å². The predicted octanol–water partition coefficient (Wildman–Crippen LogP) is 4.27. The minimum absolute atomic E-state index is 0.104. The summed E-state index contributed by atoms with van der Waals surface area (Å²) in [4.78, 5) is 18.9. The molecule has 6 nitrogen and oxygen atoms in total. The number of hydrogen-bond donors (Lipinski definition) is 1. The van der Waals surface area contributed by atoms with E-state index in [1.54, 1.807) is 18.2 Å². The second kappa shape index (κ2) is 9.05. The Morgan fingerprint density at radius 3 is 2.68 bits per heavy atom. The van der Waals surface area contributed by atoms with Gasteiger partial charge in [0, 0.05) is 11.9 Å². The Bertz CT molecular complexity index is 980. The second-order valence-electron chi connectivity index (χ2n) is 5.44. The van der Waals surface area contributed by atoms with Gasteiger partial charge in [0.15, 0.2) is 8.68 Å². The predicted molar refractivity (Wildman–Crippen MR) is 103 cm³/mol. The number of benzene rings is 1. The number of alkyl halides is 3. The van der Waals surface area contributed by atoms with Gasteiger partial charge in [0.1, 0.15) is 5.03 Å². The summed E-state index contributed by atoms with van der Waals surface area (Å²) >= 11 is 3.42. The first kappa shape index (κ1) is 20.8. The molecule has 0 saturated heterocycles. The number of para-hydroxylation sites is 1. The van der Waals surface area contributed by atoms with Crippen LogP contribution in [0.5, 0.6) is 0 Å². The topological polar surface area (TPSA) is 80.7 Å². The molecule has 2 heterocycles. The van der Waals surface area contributed by atoms with Gasteiger partial charge in [-0.1, -0.05) is 48.2 Å². The fourth-order valence-electron chi connectivity index (χ4n) is 2.07. The highest BCUT2D eigenvalue weighted by Gasteiger charge is 2.35. The fraction of sp³-hybridized carbons (Fsp3) is 0.312. The third-order valence-corrected chi connectivity index (χ3v) is 6.40. The summed E-state index contributed by atoms with van der Waals surface area (Å²) in [5.41, 5.74) is 0.207. The van der Waals surface area contributed by atoms with Crippen molar-refractivity contribution in [1.82, 2.24) is 25.5 Å². The highest BCUT2D eigenvalue weighted by Crippen LogP contribution is 2.37. The van der Waals surface area contributed by atoms with Gasteiger partial charge in [-0.15, -0.1) is 10.2 Å². The first-order chi connectivity index (χ1) is 13.4. The van der Waals surface area contributed by atoms with Crippen LogP contribution in [0.15, 0.2) is 38.0 Å². The van der Waals surface area contributed by atoms with Crippen molar-refractivity contribution in [3.63, 3.8) is 0 Å². The van der Waals surface area contributed by atoms with E-state index in [-0.39, 0.29) is 22.2 Å². The third kappa shape index (κ3) is 5.32. The molecule has 0 saturated carbocycles. The summed E-state index contributed by atoms with van der Waals surface area (Å²) in [6.45, 7) is 2.57. The van der Waals surface area contributed by atoms with E-state index in [0.29, 0.717) is 20.6 Å². The highest BCUT2D eigenvalue weighted by molar-refractivity contribution is 8.03. The molecule has 1 N–H and O–H groups in total. The van der Waals surface area contributed by atoms with E-state index < -0.39 is 12.0 Å². The first-order valence-corrected chi connectivity index (χ1v) is 10.7. The van der Waals surface area contributed by atoms with Crippen LogP contribution in [0.2, 0.25) is 0 Å². The Hall–Kier alpha value is -1.92. The monoisotopic (exact) mass is 445 g/mol. The maximum Gasteiger partial charge on any atom is 0.451 e. The zero-order chi connectivity index (χ0) is 20.1. The molecule has 2 aromatic heterocycles. The summed E-state index contributed by atoms with van der Waals surface area (Å²) in [7, 11) is 0. The van der Waals surface area contributed by atoms with Gasteiger partial charge in [0.05, 0.1) is 11.3 Å². The van der Waals surface area contributed by atoms with Crippen molar-refractivity contribution in [3.05, 3.63) is 30.1 Å². The number of aromatic nitrogens is 4. The Balaban J connectivity index is 1.78. The van der Waals surface area contributed by atoms with Crippen LogP contribution in [0.1, 0.15) is 19.2 Å². The van der Waals surface area contributed by atoms with Gasteiger partial charge in [-0.25, -0.2) is 9.97 Å². The van der Waals surface area contributed by atoms with Gasteiger partial charge in [0.2, 0.25) is 11.7 Å². The molecule has 3 rings (SSSR count). The largest absolute Gasteiger partial charge is 0.451 e. The van der Waals surface area contributed by atoms with E-state index in [0.717, 1.165) is 18.2 Å². The molecule has 148 valence electrons. The molecule has 0 atom stereocenters. The lowest BCUT2D eigenvalue weighted by molar-refractivity contribution is -0.145. The van der Waals surface area contributed by atoms with Crippen molar-refractivity contribution < 1.29 is 18.0 Å². The van der Waals surface area contributed by atoms with Crippen LogP contribution in [0, 0.1) is 0 Å². The van der Waals surface area contributed by atoms with Crippen LogP contribution >= 0.6 is 34.9 Å². The minimum Gasteiger partial charge on any atom is -0.355 e. The molecule has 12 heteroatoms. The number of halogens is 3. The average molecular weight is 446 g/mol. The van der Waals surface area contributed by atoms with E-state index in [1.165, 1.54) is 29.2 Å². The maximum atomic E-state index is 13.1. The lowest BCUT2D eigenvalue weighted by Crippen LogP contribution is -2.25. The van der Waals surface area contributed by atoms with Crippen molar-refractivity contribution >= 4 is 51.7 Å². The van der Waals surface area contributed by atoms with Crippen molar-refractivity contribution in [2.45, 2.75) is 33.2 Å². The van der Waals surface area contributed by atoms with Crippen LogP contribution in [0.25, 0.3) is 10.9 Å². The van der Waals surface area contributed by atoms with Crippen molar-refractivity contribution in [2.75, 3.05) is 12.3 Å². The molecule has 0 unspecified atom stereocenters. The average Bonchev–Trinajstić information content (AvgIpc) is 3.11. The summed E-state index contributed by atoms with van der Waals surface area (Å²) in [6.07, 6.45) is -3.80. The number of amides is 1. The molecule has 0 aliphatic carbocycles. The molecule has 3 aromatic rings. The molecular formula is C16H14F3N5OS3. The highest BCUT2D eigenvalue weighted by atomic mass is 32.2. The normalized spacial score (nSPS) is 11.7. The maximum absolute atomic E-state index is 13.1. The fourth-order valence-corrected chi connectivity index (χ4v) is 4.95. The number of thioether (sulfide) groups is 1. The van der Waals surface area contributed by atoms with Gasteiger partial charge < -0.3 is 5.32 Å². The first-order valence-electron chi connectivity index (χ1n) is 8.11. The smallest absolute Gasteiger partial charge is 0.355 e. The number of nitrogens with one attached hydrogen (secondary N) is 1. The molecule has 0 bridgehead atoms. The van der Waals surface area contributed by atoms with Gasteiger partial charge in [0.25, 0.3) is 0 Å². The van der Waals surface area contributed by atoms with Crippen LogP contribution in [-0.4, -0.2) is 38.4 Å². The van der Waals surface area contributed by atoms with Gasteiger partial charge in [-0.05, 0) is 24.2 Å². The molecular weight excluding hydrogens is 431 g/mol. The van der Waals surface area contributed by atoms with E-state index >= 15 is 0 Å². The van der Waals surface area contributed by atoms with E-state index in [4.69, 9.17) is 0 Å². The quantitative estimate of drug-likeness (QED) is 0.430. The zero-order valence-corrected chi connectivity index (χ0v) is 16.9. The second-order valence-corrected chi connectivity index (χ2v) is 8.88. The van der Waals surface area contributed by atoms with Crippen LogP contribution < -0.4 is 5.32 Å². The number of carbonyl (C=O) groups excluding carboxylic acids is 1. The molecule has 0 fully saturated rings. The minimum atomic E-state index is -4.65. The molecule has 0 spiro atoms. The molecule has 0 radical (unpaired) electrons. The number of fused-ring (bicyclic) bond motifs is 1. The van der Waals surface area contributed by atoms with Crippen molar-refractivity contribution in [2.24, 2.45) is 0 Å². The summed E-state index contributed by atoms with van der Waals surface area (Å²) in [5.74, 6) is -1.10. The molecule has 0 aliphatic rings. The van der Waals surface area contributed by atoms with Crippen molar-refractivity contribution in [1.29, 1.82) is 0 Å². The van der Waals surface area contributed by atoms with E-state index in [9.17, 15) is 18.0 Å². The Morgan fingerprint density at radius 1 is 1.18 bits per heavy atom. The molecule has 28 heavy (non-hydrogen) atoms. The summed E-state index contributed by atoms with van der Waals surface area (Å²) in [5, 5.41) is 11.4. The van der Waals surface area contributed by atoms with E-state index in [2.05, 4.69) is 25.5 Å². The summed E-state index contributed by atoms with van der Waals surface area (Å²) < 4.78 is 40.3. The van der Waals surface area contributed by atoms with Crippen LogP contribution in [0.4, 0.5) is 13.2 Å². The number of hydrogen-bond acceptors (Lipinski definition) is 8. The van der Waals surface area contributed by atoms with Crippen molar-refractivity contribution in [3.8, 4) is 0 Å². The van der Waals surface area contributed by atoms with Crippen LogP contribution in [0.3, 0.4) is 0 Å². The SMILES string of the molecule is CCCNC(=O)CSc1nnc(Sc2nc(C(F)(F)F)nc3ccccc23)s1. The third-order valence-electron chi connectivity index (χ3n) is 3.29. The Morgan fingerprint density at radius 2 is 1.93 bits per heavy atom. The Kier molecular flexibility index (Phi) is 6.73. The summed E-state index contributed by atoms with van der Waals surface area (Å²) in [6, 6.07) is 6.49. The Labute approximate surface area is 170 Å². The van der Waals surface area contributed by atoms with Gasteiger partial charge >= 0.3 is 6.18 Å². The lowest BCUT2D eigenvalue weighted by atomic mass is 10.2. The van der Waals surface area contributed by atoms with E-state index in [1.807, 2.05) is 6.92 Å². The lowest BCUT2D eigenvalue weighted by Gasteiger charge is -2.09. The molecule has 0 aliphatic heterocycles.